The SMILES string of the molecule is Brc1ccccn1.CN(N)c1ccccn1.CNN. The zero-order chi connectivity index (χ0) is 14.5. The first-order valence-corrected chi connectivity index (χ1v) is 6.24. The normalized spacial score (nSPS) is 8.47. The molecule has 0 aliphatic carbocycles. The quantitative estimate of drug-likeness (QED) is 0.415. The van der Waals surface area contributed by atoms with Crippen LogP contribution in [0.4, 0.5) is 5.82 Å². The van der Waals surface area contributed by atoms with Crippen molar-refractivity contribution >= 4 is 21.7 Å². The van der Waals surface area contributed by atoms with Gasteiger partial charge in [0.15, 0.2) is 0 Å². The van der Waals surface area contributed by atoms with Crippen LogP contribution in [0.3, 0.4) is 0 Å². The number of hydrazine groups is 2. The summed E-state index contributed by atoms with van der Waals surface area (Å²) in [4.78, 5) is 7.88. The van der Waals surface area contributed by atoms with E-state index in [2.05, 4.69) is 37.2 Å². The first kappa shape index (κ1) is 17.5. The van der Waals surface area contributed by atoms with Crippen LogP contribution in [0.2, 0.25) is 0 Å². The molecular formula is C12H19BrN6. The van der Waals surface area contributed by atoms with E-state index < -0.39 is 0 Å². The molecule has 2 rings (SSSR count). The molecule has 104 valence electrons. The van der Waals surface area contributed by atoms with Crippen molar-refractivity contribution in [1.82, 2.24) is 15.4 Å². The molecule has 0 amide bonds. The number of nitrogens with zero attached hydrogens (tertiary/aromatic N) is 3. The second-order valence-corrected chi connectivity index (χ2v) is 4.05. The van der Waals surface area contributed by atoms with Gasteiger partial charge in [-0.2, -0.15) is 0 Å². The molecule has 0 unspecified atom stereocenters. The molecule has 6 nitrogen and oxygen atoms in total. The third-order valence-electron chi connectivity index (χ3n) is 1.64. The van der Waals surface area contributed by atoms with Gasteiger partial charge < -0.3 is 0 Å². The Morgan fingerprint density at radius 3 is 1.84 bits per heavy atom. The molecule has 0 fully saturated rings. The number of rotatable bonds is 1. The highest BCUT2D eigenvalue weighted by molar-refractivity contribution is 9.10. The van der Waals surface area contributed by atoms with Crippen molar-refractivity contribution < 1.29 is 0 Å². The molecule has 2 heterocycles. The number of nitrogens with one attached hydrogen (secondary N) is 1. The van der Waals surface area contributed by atoms with E-state index in [0.29, 0.717) is 0 Å². The van der Waals surface area contributed by atoms with E-state index in [4.69, 9.17) is 5.84 Å². The Morgan fingerprint density at radius 1 is 1.11 bits per heavy atom. The van der Waals surface area contributed by atoms with Crippen molar-refractivity contribution in [3.63, 3.8) is 0 Å². The molecule has 7 heteroatoms. The zero-order valence-corrected chi connectivity index (χ0v) is 12.6. The average Bonchev–Trinajstić information content (AvgIpc) is 2.42. The number of anilines is 1. The fraction of sp³-hybridized carbons (Fsp3) is 0.167. The van der Waals surface area contributed by atoms with Crippen LogP contribution in [0.25, 0.3) is 0 Å². The molecule has 2 aromatic heterocycles. The first-order chi connectivity index (χ1) is 9.11. The van der Waals surface area contributed by atoms with E-state index >= 15 is 0 Å². The maximum absolute atomic E-state index is 5.38. The third kappa shape index (κ3) is 10.1. The maximum Gasteiger partial charge on any atom is 0.142 e. The summed E-state index contributed by atoms with van der Waals surface area (Å²) in [6, 6.07) is 11.3. The number of aromatic nitrogens is 2. The van der Waals surface area contributed by atoms with E-state index in [1.54, 1.807) is 26.5 Å². The van der Waals surface area contributed by atoms with Gasteiger partial charge in [-0.05, 0) is 47.2 Å². The van der Waals surface area contributed by atoms with Gasteiger partial charge in [-0.3, -0.25) is 16.3 Å². The summed E-state index contributed by atoms with van der Waals surface area (Å²) >= 11 is 3.20. The molecule has 0 saturated carbocycles. The number of hydrogen-bond acceptors (Lipinski definition) is 6. The van der Waals surface area contributed by atoms with Crippen LogP contribution < -0.4 is 22.1 Å². The Bertz CT molecular complexity index is 409. The lowest BCUT2D eigenvalue weighted by atomic mass is 10.5. The molecule has 0 radical (unpaired) electrons. The van der Waals surface area contributed by atoms with Crippen LogP contribution in [0.1, 0.15) is 0 Å². The van der Waals surface area contributed by atoms with Gasteiger partial charge in [0.05, 0.1) is 0 Å². The minimum absolute atomic E-state index is 0.775. The summed E-state index contributed by atoms with van der Waals surface area (Å²) < 4.78 is 0.884. The highest BCUT2D eigenvalue weighted by atomic mass is 79.9. The van der Waals surface area contributed by atoms with Crippen molar-refractivity contribution in [2.24, 2.45) is 11.7 Å². The molecule has 0 spiro atoms. The van der Waals surface area contributed by atoms with Gasteiger partial charge in [0, 0.05) is 19.4 Å². The van der Waals surface area contributed by atoms with Gasteiger partial charge in [-0.25, -0.2) is 15.8 Å². The summed E-state index contributed by atoms with van der Waals surface area (Å²) in [6.45, 7) is 0. The minimum atomic E-state index is 0.775. The monoisotopic (exact) mass is 326 g/mol. The van der Waals surface area contributed by atoms with Gasteiger partial charge in [0.1, 0.15) is 10.4 Å². The Morgan fingerprint density at radius 2 is 1.63 bits per heavy atom. The zero-order valence-electron chi connectivity index (χ0n) is 11.0. The molecule has 2 aromatic rings. The van der Waals surface area contributed by atoms with E-state index in [9.17, 15) is 0 Å². The van der Waals surface area contributed by atoms with Gasteiger partial charge in [-0.1, -0.05) is 12.1 Å². The lowest BCUT2D eigenvalue weighted by molar-refractivity contribution is 0.900. The summed E-state index contributed by atoms with van der Waals surface area (Å²) in [7, 11) is 3.41. The smallest absolute Gasteiger partial charge is 0.142 e. The van der Waals surface area contributed by atoms with Crippen LogP contribution in [-0.2, 0) is 0 Å². The van der Waals surface area contributed by atoms with Crippen molar-refractivity contribution in [2.45, 2.75) is 0 Å². The lowest BCUT2D eigenvalue weighted by Gasteiger charge is -2.08. The molecule has 0 aromatic carbocycles. The van der Waals surface area contributed by atoms with Crippen molar-refractivity contribution in [3.05, 3.63) is 53.4 Å². The standard InChI is InChI=1S/C6H9N3.C5H4BrN.CH6N2/c1-9(7)6-4-2-3-5-8-6;6-5-3-1-2-4-7-5;1-3-2/h2-5H,7H2,1H3;1-4H;3H,2H2,1H3. The topological polar surface area (TPSA) is 93.1 Å². The largest absolute Gasteiger partial charge is 0.298 e. The van der Waals surface area contributed by atoms with E-state index in [1.165, 1.54) is 5.01 Å². The molecular weight excluding hydrogens is 308 g/mol. The maximum atomic E-state index is 5.38. The van der Waals surface area contributed by atoms with Crippen molar-refractivity contribution in [3.8, 4) is 0 Å². The molecule has 0 saturated heterocycles. The molecule has 0 aliphatic rings. The first-order valence-electron chi connectivity index (χ1n) is 5.45. The number of nitrogens with two attached hydrogens (primary N) is 2. The highest BCUT2D eigenvalue weighted by Crippen LogP contribution is 2.00. The summed E-state index contributed by atoms with van der Waals surface area (Å²) in [5.74, 6) is 10.8. The number of pyridine rings is 2. The average molecular weight is 327 g/mol. The molecule has 19 heavy (non-hydrogen) atoms. The fourth-order valence-electron chi connectivity index (χ4n) is 0.904. The van der Waals surface area contributed by atoms with E-state index in [-0.39, 0.29) is 0 Å². The van der Waals surface area contributed by atoms with Gasteiger partial charge in [0.25, 0.3) is 0 Å². The Hall–Kier alpha value is -1.54. The second-order valence-electron chi connectivity index (χ2n) is 3.24. The molecule has 0 atom stereocenters. The van der Waals surface area contributed by atoms with Crippen LogP contribution in [0.5, 0.6) is 0 Å². The molecule has 0 aliphatic heterocycles. The summed E-state index contributed by atoms with van der Waals surface area (Å²) in [5, 5.41) is 1.47. The molecule has 5 N–H and O–H groups in total. The number of hydrogen-bond donors (Lipinski definition) is 3. The van der Waals surface area contributed by atoms with E-state index in [1.807, 2.05) is 36.4 Å². The van der Waals surface area contributed by atoms with Crippen LogP contribution in [-0.4, -0.2) is 24.1 Å². The predicted molar refractivity (Wildman–Crippen MR) is 82.0 cm³/mol. The van der Waals surface area contributed by atoms with Gasteiger partial charge in [0.2, 0.25) is 0 Å². The van der Waals surface area contributed by atoms with Crippen molar-refractivity contribution in [1.29, 1.82) is 0 Å². The fourth-order valence-corrected chi connectivity index (χ4v) is 1.18. The predicted octanol–water partition coefficient (Wildman–Crippen LogP) is 1.32. The van der Waals surface area contributed by atoms with Crippen LogP contribution in [0, 0.1) is 0 Å². The summed E-state index contributed by atoms with van der Waals surface area (Å²) in [6.07, 6.45) is 3.45. The Labute approximate surface area is 121 Å². The third-order valence-corrected chi connectivity index (χ3v) is 2.11. The minimum Gasteiger partial charge on any atom is -0.298 e. The van der Waals surface area contributed by atoms with E-state index in [0.717, 1.165) is 10.4 Å². The molecule has 0 bridgehead atoms. The van der Waals surface area contributed by atoms with Crippen LogP contribution in [0.15, 0.2) is 53.4 Å². The van der Waals surface area contributed by atoms with Crippen LogP contribution >= 0.6 is 15.9 Å². The van der Waals surface area contributed by atoms with Gasteiger partial charge >= 0.3 is 0 Å². The summed E-state index contributed by atoms with van der Waals surface area (Å²) in [5.41, 5.74) is 2.25. The Balaban J connectivity index is 0.000000289. The number of halogens is 1. The lowest BCUT2D eigenvalue weighted by Crippen LogP contribution is -2.25. The highest BCUT2D eigenvalue weighted by Gasteiger charge is 1.90. The second kappa shape index (κ2) is 11.5. The van der Waals surface area contributed by atoms with Gasteiger partial charge in [-0.15, -0.1) is 0 Å². The Kier molecular flexibility index (Phi) is 10.6. The van der Waals surface area contributed by atoms with Crippen molar-refractivity contribution in [2.75, 3.05) is 19.1 Å².